The number of likely N-dealkylation sites (tertiary alicyclic amines) is 1. The third-order valence-electron chi connectivity index (χ3n) is 2.68. The zero-order valence-corrected chi connectivity index (χ0v) is 8.48. The van der Waals surface area contributed by atoms with Crippen LogP contribution in [0.1, 0.15) is 25.7 Å². The summed E-state index contributed by atoms with van der Waals surface area (Å²) in [5, 5.41) is 31.0. The quantitative estimate of drug-likeness (QED) is 0.218. The van der Waals surface area contributed by atoms with E-state index in [1.165, 1.54) is 11.3 Å². The highest BCUT2D eigenvalue weighted by Crippen LogP contribution is 1.95. The summed E-state index contributed by atoms with van der Waals surface area (Å²) < 4.78 is 0. The van der Waals surface area contributed by atoms with Crippen molar-refractivity contribution in [2.45, 2.75) is 25.7 Å². The van der Waals surface area contributed by atoms with E-state index in [4.69, 9.17) is 0 Å². The Hall–Kier alpha value is -1.37. The minimum Gasteiger partial charge on any atom is -0.608 e. The molecule has 1 saturated heterocycles. The molecule has 0 saturated carbocycles. The maximum absolute atomic E-state index is 10.3. The standard InChI is InChI=1S/C8H14N3O4/c12-10(13)8(11(14)15)4-7-9-5-2-1-3-6-9/h1-7H2/q-1/p+1. The Morgan fingerprint density at radius 1 is 1.13 bits per heavy atom. The molecule has 0 unspecified atom stereocenters. The van der Waals surface area contributed by atoms with Crippen molar-refractivity contribution in [3.8, 4) is 0 Å². The van der Waals surface area contributed by atoms with Crippen molar-refractivity contribution in [1.29, 1.82) is 0 Å². The van der Waals surface area contributed by atoms with Gasteiger partial charge in [-0.2, -0.15) is 0 Å². The van der Waals surface area contributed by atoms with E-state index < -0.39 is 15.7 Å². The van der Waals surface area contributed by atoms with Crippen molar-refractivity contribution in [3.63, 3.8) is 0 Å². The molecular weight excluding hydrogens is 202 g/mol. The molecular formula is C8H15N3O4. The average molecular weight is 217 g/mol. The largest absolute Gasteiger partial charge is 0.608 e. The van der Waals surface area contributed by atoms with Gasteiger partial charge in [0.05, 0.1) is 19.6 Å². The molecule has 0 bridgehead atoms. The van der Waals surface area contributed by atoms with E-state index in [-0.39, 0.29) is 6.42 Å². The van der Waals surface area contributed by atoms with Crippen LogP contribution < -0.4 is 4.90 Å². The molecule has 15 heavy (non-hydrogen) atoms. The van der Waals surface area contributed by atoms with Gasteiger partial charge in [-0.15, -0.1) is 4.90 Å². The Morgan fingerprint density at radius 3 is 2.20 bits per heavy atom. The van der Waals surface area contributed by atoms with E-state index in [0.717, 1.165) is 25.9 Å². The van der Waals surface area contributed by atoms with Gasteiger partial charge < -0.3 is 15.3 Å². The smallest absolute Gasteiger partial charge is 0.499 e. The zero-order chi connectivity index (χ0) is 11.3. The summed E-state index contributed by atoms with van der Waals surface area (Å²) in [7, 11) is 0. The van der Waals surface area contributed by atoms with Crippen LogP contribution in [-0.4, -0.2) is 35.3 Å². The predicted molar refractivity (Wildman–Crippen MR) is 53.0 cm³/mol. The van der Waals surface area contributed by atoms with Gasteiger partial charge in [-0.3, -0.25) is 10.1 Å². The summed E-state index contributed by atoms with van der Waals surface area (Å²) in [6.07, 6.45) is 3.38. The maximum Gasteiger partial charge on any atom is 0.499 e. The summed E-state index contributed by atoms with van der Waals surface area (Å²) in [6.45, 7) is 2.45. The van der Waals surface area contributed by atoms with E-state index in [1.54, 1.807) is 0 Å². The van der Waals surface area contributed by atoms with Gasteiger partial charge in [-0.05, 0) is 19.3 Å². The van der Waals surface area contributed by atoms with Crippen molar-refractivity contribution in [1.82, 2.24) is 0 Å². The predicted octanol–water partition coefficient (Wildman–Crippen LogP) is -0.871. The molecule has 0 amide bonds. The van der Waals surface area contributed by atoms with Crippen molar-refractivity contribution in [2.24, 2.45) is 0 Å². The lowest BCUT2D eigenvalue weighted by Gasteiger charge is -2.22. The van der Waals surface area contributed by atoms with Gasteiger partial charge in [-0.1, -0.05) is 0 Å². The number of piperidine rings is 1. The molecule has 0 aromatic carbocycles. The zero-order valence-electron chi connectivity index (χ0n) is 8.48. The molecule has 86 valence electrons. The highest BCUT2D eigenvalue weighted by Gasteiger charge is 2.24. The van der Waals surface area contributed by atoms with E-state index in [2.05, 4.69) is 0 Å². The van der Waals surface area contributed by atoms with E-state index >= 15 is 0 Å². The molecule has 0 radical (unpaired) electrons. The Bertz CT molecular complexity index is 257. The molecule has 7 nitrogen and oxygen atoms in total. The molecule has 0 atom stereocenters. The molecule has 1 N–H and O–H groups in total. The minimum absolute atomic E-state index is 0.0463. The first kappa shape index (κ1) is 11.7. The number of quaternary nitrogens is 1. The summed E-state index contributed by atoms with van der Waals surface area (Å²) in [4.78, 5) is 9.80. The fraction of sp³-hybridized carbons (Fsp3) is 0.875. The van der Waals surface area contributed by atoms with E-state index in [9.17, 15) is 20.5 Å². The summed E-state index contributed by atoms with van der Waals surface area (Å²) >= 11 is 0. The maximum atomic E-state index is 10.3. The number of hydrogen-bond donors (Lipinski definition) is 1. The molecule has 0 spiro atoms. The van der Waals surface area contributed by atoms with Gasteiger partial charge in [0.1, 0.15) is 4.92 Å². The SMILES string of the molecule is O=[N+]([O-])C(CC[NH+]1CCCCC1)=[N+]([O-])[O-]. The van der Waals surface area contributed by atoms with Crippen molar-refractivity contribution in [3.05, 3.63) is 20.5 Å². The number of nitrogens with zero attached hydrogens (tertiary/aromatic N) is 2. The normalized spacial score (nSPS) is 17.3. The second-order valence-corrected chi connectivity index (χ2v) is 3.74. The van der Waals surface area contributed by atoms with E-state index in [1.807, 2.05) is 0 Å². The van der Waals surface area contributed by atoms with Gasteiger partial charge in [0, 0.05) is 0 Å². The van der Waals surface area contributed by atoms with Crippen molar-refractivity contribution < 1.29 is 14.7 Å². The summed E-state index contributed by atoms with van der Waals surface area (Å²) in [5.74, 6) is -0.784. The topological polar surface area (TPSA) is 96.7 Å². The molecule has 7 heteroatoms. The fourth-order valence-corrected chi connectivity index (χ4v) is 1.84. The van der Waals surface area contributed by atoms with Crippen molar-refractivity contribution >= 4 is 5.84 Å². The summed E-state index contributed by atoms with van der Waals surface area (Å²) in [6, 6.07) is 0. The van der Waals surface area contributed by atoms with Crippen LogP contribution in [0.25, 0.3) is 0 Å². The van der Waals surface area contributed by atoms with Crippen LogP contribution in [0.4, 0.5) is 0 Å². The van der Waals surface area contributed by atoms with Crippen LogP contribution >= 0.6 is 0 Å². The Kier molecular flexibility index (Phi) is 4.29. The number of hydrogen-bond acceptors (Lipinski definition) is 4. The van der Waals surface area contributed by atoms with Gasteiger partial charge in [0.25, 0.3) is 0 Å². The molecule has 1 rings (SSSR count). The molecule has 1 aliphatic heterocycles. The molecule has 1 fully saturated rings. The van der Waals surface area contributed by atoms with E-state index in [0.29, 0.717) is 6.54 Å². The monoisotopic (exact) mass is 217 g/mol. The van der Waals surface area contributed by atoms with Crippen LogP contribution in [0.2, 0.25) is 0 Å². The number of nitrogens with one attached hydrogen (secondary N) is 1. The molecule has 0 aromatic rings. The fourth-order valence-electron chi connectivity index (χ4n) is 1.84. The first-order valence-corrected chi connectivity index (χ1v) is 5.09. The third-order valence-corrected chi connectivity index (χ3v) is 2.68. The average Bonchev–Trinajstić information content (AvgIpc) is 2.18. The Morgan fingerprint density at radius 2 is 1.73 bits per heavy atom. The lowest BCUT2D eigenvalue weighted by Crippen LogP contribution is -3.12. The lowest BCUT2D eigenvalue weighted by molar-refractivity contribution is -0.904. The van der Waals surface area contributed by atoms with Crippen molar-refractivity contribution in [2.75, 3.05) is 19.6 Å². The first-order valence-electron chi connectivity index (χ1n) is 5.09. The van der Waals surface area contributed by atoms with Gasteiger partial charge in [0.2, 0.25) is 0 Å². The molecule has 0 aromatic heterocycles. The number of nitro groups is 1. The Balaban J connectivity index is 2.40. The highest BCUT2D eigenvalue weighted by molar-refractivity contribution is 5.68. The molecule has 1 aliphatic rings. The van der Waals surface area contributed by atoms with Crippen LogP contribution in [0.3, 0.4) is 0 Å². The number of amidine groups is 1. The molecule has 1 heterocycles. The molecule has 0 aliphatic carbocycles. The summed E-state index contributed by atoms with van der Waals surface area (Å²) in [5.41, 5.74) is 0. The van der Waals surface area contributed by atoms with Crippen LogP contribution in [0, 0.1) is 20.5 Å². The first-order chi connectivity index (χ1) is 7.11. The van der Waals surface area contributed by atoms with Gasteiger partial charge >= 0.3 is 5.84 Å². The highest BCUT2D eigenvalue weighted by atomic mass is 16.8. The second-order valence-electron chi connectivity index (χ2n) is 3.74. The Labute approximate surface area is 87.3 Å². The lowest BCUT2D eigenvalue weighted by atomic mass is 10.1. The number of rotatable bonds is 3. The minimum atomic E-state index is -0.886. The van der Waals surface area contributed by atoms with Crippen LogP contribution in [-0.2, 0) is 0 Å². The van der Waals surface area contributed by atoms with Crippen LogP contribution in [0.5, 0.6) is 0 Å². The second kappa shape index (κ2) is 5.50. The third kappa shape index (κ3) is 3.70. The van der Waals surface area contributed by atoms with Crippen LogP contribution in [0.15, 0.2) is 0 Å². The van der Waals surface area contributed by atoms with Gasteiger partial charge in [-0.25, -0.2) is 0 Å². The van der Waals surface area contributed by atoms with Gasteiger partial charge in [0.15, 0.2) is 6.42 Å².